The second kappa shape index (κ2) is 9.27. The summed E-state index contributed by atoms with van der Waals surface area (Å²) in [5.74, 6) is -1.27. The minimum atomic E-state index is -3.81. The highest BCUT2D eigenvalue weighted by Crippen LogP contribution is 2.32. The zero-order chi connectivity index (χ0) is 23.8. The van der Waals surface area contributed by atoms with Gasteiger partial charge in [-0.25, -0.2) is 17.8 Å². The molecular formula is C24H25ClFN3O3S. The lowest BCUT2D eigenvalue weighted by molar-refractivity contribution is 0.0720. The molecular weight excluding hydrogens is 465 g/mol. The minimum absolute atomic E-state index is 0.00389. The maximum absolute atomic E-state index is 14.3. The third-order valence-corrected chi connectivity index (χ3v) is 7.54. The molecule has 33 heavy (non-hydrogen) atoms. The summed E-state index contributed by atoms with van der Waals surface area (Å²) in [6, 6.07) is 12.5. The highest BCUT2D eigenvalue weighted by atomic mass is 35.5. The third kappa shape index (κ3) is 4.96. The van der Waals surface area contributed by atoms with Gasteiger partial charge in [0.25, 0.3) is 5.91 Å². The van der Waals surface area contributed by atoms with Crippen LogP contribution in [0.1, 0.15) is 54.3 Å². The average molecular weight is 490 g/mol. The van der Waals surface area contributed by atoms with Crippen molar-refractivity contribution < 1.29 is 17.6 Å². The summed E-state index contributed by atoms with van der Waals surface area (Å²) >= 11 is 6.18. The first kappa shape index (κ1) is 23.4. The number of carbonyl (C=O) groups excluding carboxylic acids is 1. The van der Waals surface area contributed by atoms with Gasteiger partial charge in [0.05, 0.1) is 29.8 Å². The lowest BCUT2D eigenvalue weighted by Crippen LogP contribution is -2.34. The van der Waals surface area contributed by atoms with Gasteiger partial charge in [-0.3, -0.25) is 4.79 Å². The van der Waals surface area contributed by atoms with Crippen molar-refractivity contribution in [2.75, 3.05) is 0 Å². The van der Waals surface area contributed by atoms with Gasteiger partial charge in [0.1, 0.15) is 5.82 Å². The van der Waals surface area contributed by atoms with Crippen LogP contribution in [-0.2, 0) is 22.1 Å². The van der Waals surface area contributed by atoms with E-state index >= 15 is 0 Å². The third-order valence-electron chi connectivity index (χ3n) is 5.62. The molecule has 6 nitrogen and oxygen atoms in total. The summed E-state index contributed by atoms with van der Waals surface area (Å²) in [7, 11) is -3.81. The predicted molar refractivity (Wildman–Crippen MR) is 124 cm³/mol. The Balaban J connectivity index is 1.67. The molecule has 0 unspecified atom stereocenters. The zero-order valence-corrected chi connectivity index (χ0v) is 20.0. The minimum Gasteiger partial charge on any atom is -0.330 e. The second-order valence-electron chi connectivity index (χ2n) is 8.49. The van der Waals surface area contributed by atoms with Crippen LogP contribution in [0.15, 0.2) is 59.9 Å². The molecule has 2 aromatic carbocycles. The lowest BCUT2D eigenvalue weighted by Gasteiger charge is -2.25. The topological polar surface area (TPSA) is 72.3 Å². The highest BCUT2D eigenvalue weighted by Gasteiger charge is 2.35. The zero-order valence-electron chi connectivity index (χ0n) is 18.4. The molecule has 1 aliphatic carbocycles. The second-order valence-corrected chi connectivity index (χ2v) is 10.8. The molecule has 0 aliphatic heterocycles. The summed E-state index contributed by atoms with van der Waals surface area (Å²) in [6.07, 6.45) is 3.14. The molecule has 1 saturated carbocycles. The molecule has 0 saturated heterocycles. The van der Waals surface area contributed by atoms with E-state index in [1.807, 2.05) is 13.8 Å². The van der Waals surface area contributed by atoms with Gasteiger partial charge in [-0.2, -0.15) is 0 Å². The molecule has 0 N–H and O–H groups in total. The van der Waals surface area contributed by atoms with Crippen molar-refractivity contribution in [2.45, 2.75) is 56.2 Å². The lowest BCUT2D eigenvalue weighted by atomic mass is 10.1. The summed E-state index contributed by atoms with van der Waals surface area (Å²) in [4.78, 5) is 19.0. The first-order valence-corrected chi connectivity index (χ1v) is 12.8. The number of aromatic nitrogens is 2. The Labute approximate surface area is 197 Å². The molecule has 1 aromatic heterocycles. The number of amides is 1. The van der Waals surface area contributed by atoms with E-state index in [4.69, 9.17) is 11.6 Å². The van der Waals surface area contributed by atoms with Crippen molar-refractivity contribution >= 4 is 27.3 Å². The summed E-state index contributed by atoms with van der Waals surface area (Å²) in [6.45, 7) is 3.87. The number of carbonyl (C=O) groups is 1. The Morgan fingerprint density at radius 3 is 2.48 bits per heavy atom. The number of rotatable bonds is 8. The van der Waals surface area contributed by atoms with Gasteiger partial charge in [-0.15, -0.1) is 0 Å². The summed E-state index contributed by atoms with van der Waals surface area (Å²) in [5, 5.41) is 0.306. The van der Waals surface area contributed by atoms with Gasteiger partial charge in [-0.1, -0.05) is 41.9 Å². The van der Waals surface area contributed by atoms with E-state index in [0.717, 1.165) is 12.8 Å². The smallest absolute Gasteiger partial charge is 0.257 e. The van der Waals surface area contributed by atoms with Gasteiger partial charge in [-0.05, 0) is 50.5 Å². The Morgan fingerprint density at radius 2 is 1.85 bits per heavy atom. The fourth-order valence-corrected chi connectivity index (χ4v) is 5.79. The van der Waals surface area contributed by atoms with E-state index in [-0.39, 0.29) is 35.1 Å². The Morgan fingerprint density at radius 1 is 1.18 bits per heavy atom. The number of nitrogens with zero attached hydrogens (tertiary/aromatic N) is 3. The molecule has 1 heterocycles. The number of sulfone groups is 1. The van der Waals surface area contributed by atoms with E-state index in [2.05, 4.69) is 4.98 Å². The largest absolute Gasteiger partial charge is 0.330 e. The van der Waals surface area contributed by atoms with Crippen molar-refractivity contribution in [3.63, 3.8) is 0 Å². The number of hydrogen-bond donors (Lipinski definition) is 0. The molecule has 9 heteroatoms. The van der Waals surface area contributed by atoms with Crippen molar-refractivity contribution in [2.24, 2.45) is 0 Å². The SMILES string of the molecule is CC(C)n1c(CN(C(=O)c2ccccc2F)C2CC2)cnc1S(=O)(=O)Cc1ccccc1Cl. The van der Waals surface area contributed by atoms with Crippen LogP contribution in [0.3, 0.4) is 0 Å². The number of halogens is 2. The quantitative estimate of drug-likeness (QED) is 0.444. The van der Waals surface area contributed by atoms with Crippen LogP contribution in [0.2, 0.25) is 5.02 Å². The van der Waals surface area contributed by atoms with Crippen molar-refractivity contribution in [1.82, 2.24) is 14.5 Å². The molecule has 174 valence electrons. The van der Waals surface area contributed by atoms with Gasteiger partial charge in [0.15, 0.2) is 0 Å². The fourth-order valence-electron chi connectivity index (χ4n) is 3.88. The first-order valence-electron chi connectivity index (χ1n) is 10.8. The van der Waals surface area contributed by atoms with E-state index in [9.17, 15) is 17.6 Å². The molecule has 0 bridgehead atoms. The predicted octanol–water partition coefficient (Wildman–Crippen LogP) is 5.04. The normalized spacial score (nSPS) is 14.0. The van der Waals surface area contributed by atoms with E-state index < -0.39 is 21.6 Å². The first-order chi connectivity index (χ1) is 15.7. The van der Waals surface area contributed by atoms with Crippen LogP contribution in [0, 0.1) is 5.82 Å². The molecule has 1 amide bonds. The molecule has 0 radical (unpaired) electrons. The van der Waals surface area contributed by atoms with Crippen molar-refractivity contribution in [1.29, 1.82) is 0 Å². The van der Waals surface area contributed by atoms with E-state index in [1.165, 1.54) is 24.4 Å². The van der Waals surface area contributed by atoms with E-state index in [1.54, 1.807) is 39.8 Å². The van der Waals surface area contributed by atoms with Crippen molar-refractivity contribution in [3.8, 4) is 0 Å². The van der Waals surface area contributed by atoms with Crippen LogP contribution in [-0.4, -0.2) is 34.8 Å². The van der Waals surface area contributed by atoms with Crippen molar-refractivity contribution in [3.05, 3.63) is 82.4 Å². The Bertz CT molecular complexity index is 1290. The fraction of sp³-hybridized carbons (Fsp3) is 0.333. The molecule has 1 aliphatic rings. The van der Waals surface area contributed by atoms with Gasteiger partial charge in [0.2, 0.25) is 15.0 Å². The van der Waals surface area contributed by atoms with Crippen LogP contribution in [0.4, 0.5) is 4.39 Å². The molecule has 3 aromatic rings. The highest BCUT2D eigenvalue weighted by molar-refractivity contribution is 7.90. The molecule has 0 spiro atoms. The summed E-state index contributed by atoms with van der Waals surface area (Å²) < 4.78 is 42.4. The monoisotopic (exact) mass is 489 g/mol. The number of imidazole rings is 1. The number of hydrogen-bond acceptors (Lipinski definition) is 4. The van der Waals surface area contributed by atoms with Crippen LogP contribution < -0.4 is 0 Å². The van der Waals surface area contributed by atoms with Gasteiger partial charge >= 0.3 is 0 Å². The van der Waals surface area contributed by atoms with Crippen LogP contribution in [0.25, 0.3) is 0 Å². The van der Waals surface area contributed by atoms with Gasteiger partial charge < -0.3 is 9.47 Å². The average Bonchev–Trinajstić information content (AvgIpc) is 3.51. The van der Waals surface area contributed by atoms with Crippen LogP contribution in [0.5, 0.6) is 0 Å². The van der Waals surface area contributed by atoms with Gasteiger partial charge in [0, 0.05) is 17.1 Å². The van der Waals surface area contributed by atoms with Crippen LogP contribution >= 0.6 is 11.6 Å². The standard InChI is InChI=1S/C24H25ClFN3O3S/c1-16(2)29-19(13-27-24(29)33(31,32)15-17-7-3-5-9-21(17)25)14-28(18-11-12-18)23(30)20-8-4-6-10-22(20)26/h3-10,13,16,18H,11-12,14-15H2,1-2H3. The molecule has 1 fully saturated rings. The Kier molecular flexibility index (Phi) is 6.59. The van der Waals surface area contributed by atoms with E-state index in [0.29, 0.717) is 16.3 Å². The maximum Gasteiger partial charge on any atom is 0.257 e. The molecule has 0 atom stereocenters. The Hall–Kier alpha value is -2.71. The summed E-state index contributed by atoms with van der Waals surface area (Å²) in [5.41, 5.74) is 1.08. The molecule has 4 rings (SSSR count). The number of benzene rings is 2. The maximum atomic E-state index is 14.3.